The van der Waals surface area contributed by atoms with Crippen LogP contribution in [-0.4, -0.2) is 20.5 Å². The minimum Gasteiger partial charge on any atom is -0.324 e. The van der Waals surface area contributed by atoms with Gasteiger partial charge in [0.25, 0.3) is 0 Å². The van der Waals surface area contributed by atoms with Crippen molar-refractivity contribution in [3.8, 4) is 0 Å². The van der Waals surface area contributed by atoms with Crippen molar-refractivity contribution in [2.45, 2.75) is 38.1 Å². The SMILES string of the molecule is Cc1ccc(S(=O)(=O)NCC(C)(C)N)c(C)c1. The molecule has 0 saturated heterocycles. The van der Waals surface area contributed by atoms with Gasteiger partial charge in [0.05, 0.1) is 4.90 Å². The lowest BCUT2D eigenvalue weighted by Gasteiger charge is -2.19. The number of nitrogens with one attached hydrogen (secondary N) is 1. The number of hydrogen-bond acceptors (Lipinski definition) is 3. The second-order valence-electron chi connectivity index (χ2n) is 5.08. The standard InChI is InChI=1S/C12H20N2O2S/c1-9-5-6-11(10(2)7-9)17(15,16)14-8-12(3,4)13/h5-7,14H,8,13H2,1-4H3. The summed E-state index contributed by atoms with van der Waals surface area (Å²) in [6.45, 7) is 7.48. The van der Waals surface area contributed by atoms with E-state index in [0.29, 0.717) is 4.90 Å². The number of benzene rings is 1. The first-order valence-corrected chi connectivity index (χ1v) is 6.96. The summed E-state index contributed by atoms with van der Waals surface area (Å²) in [5.41, 5.74) is 6.98. The van der Waals surface area contributed by atoms with Crippen LogP contribution in [0.5, 0.6) is 0 Å². The predicted octanol–water partition coefficient (Wildman–Crippen LogP) is 1.32. The number of sulfonamides is 1. The quantitative estimate of drug-likeness (QED) is 0.853. The monoisotopic (exact) mass is 256 g/mol. The van der Waals surface area contributed by atoms with Gasteiger partial charge in [-0.2, -0.15) is 0 Å². The maximum atomic E-state index is 12.0. The first-order chi connectivity index (χ1) is 7.62. The Morgan fingerprint density at radius 2 is 1.88 bits per heavy atom. The molecule has 4 nitrogen and oxygen atoms in total. The summed E-state index contributed by atoms with van der Waals surface area (Å²) < 4.78 is 26.6. The first kappa shape index (κ1) is 14.2. The molecule has 1 aromatic carbocycles. The fourth-order valence-electron chi connectivity index (χ4n) is 1.46. The van der Waals surface area contributed by atoms with E-state index in [1.54, 1.807) is 32.9 Å². The largest absolute Gasteiger partial charge is 0.324 e. The summed E-state index contributed by atoms with van der Waals surface area (Å²) in [4.78, 5) is 0.312. The van der Waals surface area contributed by atoms with Gasteiger partial charge in [-0.25, -0.2) is 13.1 Å². The van der Waals surface area contributed by atoms with E-state index in [2.05, 4.69) is 4.72 Å². The lowest BCUT2D eigenvalue weighted by molar-refractivity contribution is 0.497. The topological polar surface area (TPSA) is 72.2 Å². The molecule has 0 aromatic heterocycles. The number of aryl methyl sites for hydroxylation is 2. The van der Waals surface area contributed by atoms with E-state index in [4.69, 9.17) is 5.73 Å². The Hall–Kier alpha value is -0.910. The molecule has 1 aromatic rings. The lowest BCUT2D eigenvalue weighted by atomic mass is 10.1. The average Bonchev–Trinajstić information content (AvgIpc) is 2.13. The Labute approximate surface area is 103 Å². The highest BCUT2D eigenvalue weighted by Crippen LogP contribution is 2.16. The van der Waals surface area contributed by atoms with Crippen LogP contribution in [0.25, 0.3) is 0 Å². The third-order valence-corrected chi connectivity index (χ3v) is 3.90. The number of nitrogens with two attached hydrogens (primary N) is 1. The van der Waals surface area contributed by atoms with E-state index < -0.39 is 15.6 Å². The Bertz CT molecular complexity index is 502. The number of rotatable bonds is 4. The normalized spacial score (nSPS) is 12.8. The molecule has 0 amide bonds. The second-order valence-corrected chi connectivity index (χ2v) is 6.82. The molecule has 0 radical (unpaired) electrons. The van der Waals surface area contributed by atoms with Gasteiger partial charge < -0.3 is 5.73 Å². The van der Waals surface area contributed by atoms with Crippen molar-refractivity contribution >= 4 is 10.0 Å². The Morgan fingerprint density at radius 1 is 1.29 bits per heavy atom. The molecule has 0 bridgehead atoms. The fourth-order valence-corrected chi connectivity index (χ4v) is 2.91. The molecule has 0 heterocycles. The fraction of sp³-hybridized carbons (Fsp3) is 0.500. The highest BCUT2D eigenvalue weighted by Gasteiger charge is 2.20. The number of hydrogen-bond donors (Lipinski definition) is 2. The van der Waals surface area contributed by atoms with Crippen LogP contribution in [0.4, 0.5) is 0 Å². The van der Waals surface area contributed by atoms with Gasteiger partial charge in [-0.05, 0) is 39.3 Å². The van der Waals surface area contributed by atoms with E-state index in [1.807, 2.05) is 13.0 Å². The second kappa shape index (κ2) is 4.76. The van der Waals surface area contributed by atoms with Crippen LogP contribution in [0.3, 0.4) is 0 Å². The van der Waals surface area contributed by atoms with Crippen LogP contribution in [0.1, 0.15) is 25.0 Å². The Morgan fingerprint density at radius 3 is 2.35 bits per heavy atom. The molecule has 0 atom stereocenters. The van der Waals surface area contributed by atoms with Gasteiger partial charge in [-0.3, -0.25) is 0 Å². The molecule has 0 fully saturated rings. The zero-order valence-electron chi connectivity index (χ0n) is 10.7. The van der Waals surface area contributed by atoms with Gasteiger partial charge in [-0.1, -0.05) is 17.7 Å². The molecule has 0 unspecified atom stereocenters. The summed E-state index contributed by atoms with van der Waals surface area (Å²) in [5.74, 6) is 0. The van der Waals surface area contributed by atoms with E-state index in [9.17, 15) is 8.42 Å². The molecule has 17 heavy (non-hydrogen) atoms. The van der Waals surface area contributed by atoms with E-state index in [0.717, 1.165) is 11.1 Å². The van der Waals surface area contributed by atoms with Gasteiger partial charge in [0.2, 0.25) is 10.0 Å². The van der Waals surface area contributed by atoms with Crippen LogP contribution in [0.2, 0.25) is 0 Å². The maximum Gasteiger partial charge on any atom is 0.240 e. The van der Waals surface area contributed by atoms with E-state index in [-0.39, 0.29) is 6.54 Å². The molecule has 5 heteroatoms. The third kappa shape index (κ3) is 4.11. The molecule has 0 saturated carbocycles. The summed E-state index contributed by atoms with van der Waals surface area (Å²) in [6.07, 6.45) is 0. The Balaban J connectivity index is 2.98. The van der Waals surface area contributed by atoms with Crippen molar-refractivity contribution in [3.05, 3.63) is 29.3 Å². The van der Waals surface area contributed by atoms with Gasteiger partial charge in [0.1, 0.15) is 0 Å². The predicted molar refractivity (Wildman–Crippen MR) is 69.4 cm³/mol. The zero-order chi connectivity index (χ0) is 13.3. The summed E-state index contributed by atoms with van der Waals surface area (Å²) in [5, 5.41) is 0. The molecule has 0 spiro atoms. The highest BCUT2D eigenvalue weighted by molar-refractivity contribution is 7.89. The highest BCUT2D eigenvalue weighted by atomic mass is 32.2. The molecule has 0 aliphatic heterocycles. The van der Waals surface area contributed by atoms with Gasteiger partial charge in [0.15, 0.2) is 0 Å². The van der Waals surface area contributed by atoms with Gasteiger partial charge >= 0.3 is 0 Å². The summed E-state index contributed by atoms with van der Waals surface area (Å²) in [6, 6.07) is 5.26. The van der Waals surface area contributed by atoms with Crippen molar-refractivity contribution in [1.82, 2.24) is 4.72 Å². The Kier molecular flexibility index (Phi) is 3.96. The van der Waals surface area contributed by atoms with Gasteiger partial charge in [-0.15, -0.1) is 0 Å². The third-order valence-electron chi connectivity index (χ3n) is 2.34. The van der Waals surface area contributed by atoms with Crippen LogP contribution in [0, 0.1) is 13.8 Å². The molecule has 1 rings (SSSR count). The van der Waals surface area contributed by atoms with Crippen LogP contribution in [-0.2, 0) is 10.0 Å². The molecular formula is C12H20N2O2S. The van der Waals surface area contributed by atoms with Crippen molar-refractivity contribution in [3.63, 3.8) is 0 Å². The molecular weight excluding hydrogens is 236 g/mol. The van der Waals surface area contributed by atoms with Crippen LogP contribution < -0.4 is 10.5 Å². The van der Waals surface area contributed by atoms with Crippen LogP contribution in [0.15, 0.2) is 23.1 Å². The van der Waals surface area contributed by atoms with E-state index in [1.165, 1.54) is 0 Å². The molecule has 0 aliphatic rings. The molecule has 0 aliphatic carbocycles. The van der Waals surface area contributed by atoms with Crippen molar-refractivity contribution in [2.75, 3.05) is 6.54 Å². The summed E-state index contributed by atoms with van der Waals surface area (Å²) >= 11 is 0. The molecule has 96 valence electrons. The average molecular weight is 256 g/mol. The van der Waals surface area contributed by atoms with Crippen molar-refractivity contribution < 1.29 is 8.42 Å². The minimum absolute atomic E-state index is 0.211. The van der Waals surface area contributed by atoms with Crippen molar-refractivity contribution in [2.24, 2.45) is 5.73 Å². The summed E-state index contributed by atoms with van der Waals surface area (Å²) in [7, 11) is -3.47. The van der Waals surface area contributed by atoms with Gasteiger partial charge in [0, 0.05) is 12.1 Å². The van der Waals surface area contributed by atoms with Crippen LogP contribution >= 0.6 is 0 Å². The lowest BCUT2D eigenvalue weighted by Crippen LogP contribution is -2.45. The first-order valence-electron chi connectivity index (χ1n) is 5.48. The van der Waals surface area contributed by atoms with E-state index >= 15 is 0 Å². The minimum atomic E-state index is -3.47. The smallest absolute Gasteiger partial charge is 0.240 e. The maximum absolute atomic E-state index is 12.0. The van der Waals surface area contributed by atoms with Crippen molar-refractivity contribution in [1.29, 1.82) is 0 Å². The zero-order valence-corrected chi connectivity index (χ0v) is 11.6. The molecule has 3 N–H and O–H groups in total.